The van der Waals surface area contributed by atoms with Crippen molar-refractivity contribution in [2.24, 2.45) is 0 Å². The molecule has 1 aromatic heterocycles. The molecule has 120 valence electrons. The second kappa shape index (κ2) is 5.47. The first-order chi connectivity index (χ1) is 10.3. The quantitative estimate of drug-likeness (QED) is 0.795. The van der Waals surface area contributed by atoms with Crippen molar-refractivity contribution in [3.05, 3.63) is 18.1 Å². The van der Waals surface area contributed by atoms with Gasteiger partial charge in [0.25, 0.3) is 0 Å². The van der Waals surface area contributed by atoms with Gasteiger partial charge in [-0.1, -0.05) is 0 Å². The van der Waals surface area contributed by atoms with E-state index in [1.165, 1.54) is 12.3 Å². The summed E-state index contributed by atoms with van der Waals surface area (Å²) in [6, 6.07) is 1.28. The second-order valence-corrected chi connectivity index (χ2v) is 6.74. The van der Waals surface area contributed by atoms with Gasteiger partial charge in [-0.05, 0) is 27.7 Å². The van der Waals surface area contributed by atoms with Crippen LogP contribution in [0.1, 0.15) is 34.1 Å². The first kappa shape index (κ1) is 15.7. The normalized spacial score (nSPS) is 26.4. The van der Waals surface area contributed by atoms with Crippen LogP contribution in [0.3, 0.4) is 0 Å². The Kier molecular flexibility index (Phi) is 3.91. The first-order valence-electron chi connectivity index (χ1n) is 7.54. The molecule has 0 bridgehead atoms. The van der Waals surface area contributed by atoms with Crippen LogP contribution in [-0.2, 0) is 14.0 Å². The summed E-state index contributed by atoms with van der Waals surface area (Å²) in [5.41, 5.74) is -0.741. The van der Waals surface area contributed by atoms with Gasteiger partial charge in [0.1, 0.15) is 11.9 Å². The van der Waals surface area contributed by atoms with Gasteiger partial charge in [0.2, 0.25) is 5.88 Å². The van der Waals surface area contributed by atoms with E-state index >= 15 is 0 Å². The average molecular weight is 309 g/mol. The van der Waals surface area contributed by atoms with Crippen molar-refractivity contribution in [1.82, 2.24) is 4.98 Å². The predicted octanol–water partition coefficient (Wildman–Crippen LogP) is 1.69. The van der Waals surface area contributed by atoms with Crippen LogP contribution in [0.2, 0.25) is 0 Å². The van der Waals surface area contributed by atoms with E-state index < -0.39 is 24.1 Å². The molecular weight excluding hydrogens is 288 g/mol. The fraction of sp³-hybridized carbons (Fsp3) is 0.667. The van der Waals surface area contributed by atoms with Gasteiger partial charge in [-0.25, -0.2) is 9.37 Å². The van der Waals surface area contributed by atoms with Gasteiger partial charge < -0.3 is 18.8 Å². The summed E-state index contributed by atoms with van der Waals surface area (Å²) in [4.78, 5) is 4.17. The van der Waals surface area contributed by atoms with Crippen molar-refractivity contribution in [3.63, 3.8) is 0 Å². The van der Waals surface area contributed by atoms with Crippen molar-refractivity contribution >= 4 is 12.6 Å². The molecule has 0 amide bonds. The molecular formula is C15H21BFNO4. The Morgan fingerprint density at radius 1 is 1.27 bits per heavy atom. The Morgan fingerprint density at radius 3 is 2.50 bits per heavy atom. The van der Waals surface area contributed by atoms with E-state index in [-0.39, 0.29) is 17.4 Å². The highest BCUT2D eigenvalue weighted by molar-refractivity contribution is 6.62. The number of hydrogen-bond donors (Lipinski definition) is 0. The molecule has 0 spiro atoms. The Hall–Kier alpha value is -1.18. The van der Waals surface area contributed by atoms with Crippen LogP contribution in [0.4, 0.5) is 4.39 Å². The molecule has 0 saturated carbocycles. The number of aromatic nitrogens is 1. The van der Waals surface area contributed by atoms with Crippen molar-refractivity contribution < 1.29 is 23.2 Å². The molecule has 1 aromatic rings. The van der Waals surface area contributed by atoms with Crippen molar-refractivity contribution in [2.45, 2.75) is 51.4 Å². The van der Waals surface area contributed by atoms with Gasteiger partial charge in [-0.3, -0.25) is 0 Å². The maximum atomic E-state index is 14.4. The van der Waals surface area contributed by atoms with Gasteiger partial charge in [0, 0.05) is 24.1 Å². The Morgan fingerprint density at radius 2 is 1.95 bits per heavy atom. The standard InChI is InChI=1S/C15H21BFNO4/c1-14(2)15(3,4)22-16(21-14)11-8-18-13(7-12(11)17)20-10-5-6-19-9-10/h7-8,10H,5-6,9H2,1-4H3. The van der Waals surface area contributed by atoms with E-state index in [1.807, 2.05) is 27.7 Å². The van der Waals surface area contributed by atoms with E-state index in [9.17, 15) is 4.39 Å². The average Bonchev–Trinajstić information content (AvgIpc) is 2.96. The summed E-state index contributed by atoms with van der Waals surface area (Å²) in [5, 5.41) is 0. The highest BCUT2D eigenvalue weighted by Crippen LogP contribution is 2.36. The zero-order chi connectivity index (χ0) is 16.0. The Bertz CT molecular complexity index is 544. The maximum absolute atomic E-state index is 14.4. The van der Waals surface area contributed by atoms with Gasteiger partial charge in [0.05, 0.1) is 24.4 Å². The highest BCUT2D eigenvalue weighted by atomic mass is 19.1. The third kappa shape index (κ3) is 2.85. The molecule has 2 fully saturated rings. The van der Waals surface area contributed by atoms with Crippen LogP contribution in [0.15, 0.2) is 12.3 Å². The second-order valence-electron chi connectivity index (χ2n) is 6.74. The fourth-order valence-electron chi connectivity index (χ4n) is 2.41. The molecule has 1 atom stereocenters. The van der Waals surface area contributed by atoms with E-state index in [2.05, 4.69) is 4.98 Å². The molecule has 2 aliphatic heterocycles. The van der Waals surface area contributed by atoms with E-state index in [0.717, 1.165) is 6.42 Å². The molecule has 22 heavy (non-hydrogen) atoms. The summed E-state index contributed by atoms with van der Waals surface area (Å²) in [6.45, 7) is 8.89. The topological polar surface area (TPSA) is 49.8 Å². The number of ether oxygens (including phenoxy) is 2. The van der Waals surface area contributed by atoms with Crippen molar-refractivity contribution in [3.8, 4) is 5.88 Å². The fourth-order valence-corrected chi connectivity index (χ4v) is 2.41. The summed E-state index contributed by atoms with van der Waals surface area (Å²) in [7, 11) is -0.763. The summed E-state index contributed by atoms with van der Waals surface area (Å²) < 4.78 is 36.9. The van der Waals surface area contributed by atoms with Crippen LogP contribution in [-0.4, -0.2) is 42.6 Å². The molecule has 0 radical (unpaired) electrons. The van der Waals surface area contributed by atoms with Crippen LogP contribution in [0.5, 0.6) is 5.88 Å². The number of rotatable bonds is 3. The molecule has 0 N–H and O–H groups in total. The van der Waals surface area contributed by atoms with Gasteiger partial charge in [-0.2, -0.15) is 0 Å². The minimum absolute atomic E-state index is 0.0606. The van der Waals surface area contributed by atoms with Crippen molar-refractivity contribution in [1.29, 1.82) is 0 Å². The van der Waals surface area contributed by atoms with Crippen molar-refractivity contribution in [2.75, 3.05) is 13.2 Å². The minimum atomic E-state index is -0.763. The van der Waals surface area contributed by atoms with Crippen LogP contribution in [0, 0.1) is 5.82 Å². The Balaban J connectivity index is 1.75. The molecule has 2 saturated heterocycles. The maximum Gasteiger partial charge on any atom is 0.499 e. The monoisotopic (exact) mass is 309 g/mol. The summed E-state index contributed by atoms with van der Waals surface area (Å²) in [5.74, 6) is -0.185. The molecule has 1 unspecified atom stereocenters. The molecule has 0 aromatic carbocycles. The predicted molar refractivity (Wildman–Crippen MR) is 79.8 cm³/mol. The van der Waals surface area contributed by atoms with E-state index in [1.54, 1.807) is 0 Å². The molecule has 0 aliphatic carbocycles. The lowest BCUT2D eigenvalue weighted by Crippen LogP contribution is -2.41. The van der Waals surface area contributed by atoms with Gasteiger partial charge >= 0.3 is 7.12 Å². The summed E-state index contributed by atoms with van der Waals surface area (Å²) >= 11 is 0. The largest absolute Gasteiger partial charge is 0.499 e. The smallest absolute Gasteiger partial charge is 0.472 e. The number of hydrogen-bond acceptors (Lipinski definition) is 5. The van der Waals surface area contributed by atoms with Crippen LogP contribution < -0.4 is 10.2 Å². The molecule has 7 heteroatoms. The number of nitrogens with zero attached hydrogens (tertiary/aromatic N) is 1. The minimum Gasteiger partial charge on any atom is -0.472 e. The lowest BCUT2D eigenvalue weighted by Gasteiger charge is -2.32. The zero-order valence-corrected chi connectivity index (χ0v) is 13.4. The third-order valence-corrected chi connectivity index (χ3v) is 4.54. The number of pyridine rings is 1. The number of halogens is 1. The van der Waals surface area contributed by atoms with Gasteiger partial charge in [-0.15, -0.1) is 0 Å². The van der Waals surface area contributed by atoms with Gasteiger partial charge in [0.15, 0.2) is 0 Å². The third-order valence-electron chi connectivity index (χ3n) is 4.54. The van der Waals surface area contributed by atoms with Crippen LogP contribution >= 0.6 is 0 Å². The van der Waals surface area contributed by atoms with E-state index in [0.29, 0.717) is 13.2 Å². The molecule has 2 aliphatic rings. The summed E-state index contributed by atoms with van der Waals surface area (Å²) in [6.07, 6.45) is 2.15. The van der Waals surface area contributed by atoms with Crippen LogP contribution in [0.25, 0.3) is 0 Å². The highest BCUT2D eigenvalue weighted by Gasteiger charge is 2.52. The van der Waals surface area contributed by atoms with E-state index in [4.69, 9.17) is 18.8 Å². The zero-order valence-electron chi connectivity index (χ0n) is 13.4. The SMILES string of the molecule is CC1(C)OB(c2cnc(OC3CCOC3)cc2F)OC1(C)C. The lowest BCUT2D eigenvalue weighted by molar-refractivity contribution is 0.00578. The molecule has 3 rings (SSSR count). The lowest BCUT2D eigenvalue weighted by atomic mass is 9.80. The Labute approximate surface area is 130 Å². The first-order valence-corrected chi connectivity index (χ1v) is 7.54. The molecule has 5 nitrogen and oxygen atoms in total. The molecule has 3 heterocycles.